The Labute approximate surface area is 122 Å². The molecule has 1 aromatic heterocycles. The van der Waals surface area contributed by atoms with Crippen molar-refractivity contribution in [1.82, 2.24) is 4.98 Å². The van der Waals surface area contributed by atoms with Gasteiger partial charge in [0.1, 0.15) is 0 Å². The molecular formula is C12H10FIN4O. The molecule has 1 amide bonds. The predicted octanol–water partition coefficient (Wildman–Crippen LogP) is 2.36. The molecule has 0 fully saturated rings. The van der Waals surface area contributed by atoms with Crippen LogP contribution >= 0.6 is 22.6 Å². The lowest BCUT2D eigenvalue weighted by Crippen LogP contribution is -2.18. The van der Waals surface area contributed by atoms with Crippen LogP contribution in [0.1, 0.15) is 10.4 Å². The molecule has 1 aromatic carbocycles. The fraction of sp³-hybridized carbons (Fsp3) is 0. The Kier molecular flexibility index (Phi) is 4.27. The van der Waals surface area contributed by atoms with E-state index < -0.39 is 11.7 Å². The average molecular weight is 372 g/mol. The van der Waals surface area contributed by atoms with E-state index in [-0.39, 0.29) is 11.4 Å². The zero-order valence-corrected chi connectivity index (χ0v) is 11.8. The normalized spacial score (nSPS) is 10.1. The van der Waals surface area contributed by atoms with Gasteiger partial charge in [0, 0.05) is 9.77 Å². The van der Waals surface area contributed by atoms with Gasteiger partial charge in [-0.3, -0.25) is 4.79 Å². The molecule has 0 saturated carbocycles. The van der Waals surface area contributed by atoms with Gasteiger partial charge >= 0.3 is 0 Å². The van der Waals surface area contributed by atoms with Crippen LogP contribution in [-0.4, -0.2) is 10.9 Å². The second-order valence-corrected chi connectivity index (χ2v) is 4.76. The third kappa shape index (κ3) is 2.99. The summed E-state index contributed by atoms with van der Waals surface area (Å²) in [5.41, 5.74) is 2.59. The number of hydrogen-bond acceptors (Lipinski definition) is 4. The predicted molar refractivity (Wildman–Crippen MR) is 79.1 cm³/mol. The fourth-order valence-corrected chi connectivity index (χ4v) is 1.99. The number of halogens is 2. The highest BCUT2D eigenvalue weighted by Crippen LogP contribution is 2.20. The molecule has 2 rings (SSSR count). The van der Waals surface area contributed by atoms with Crippen molar-refractivity contribution in [2.75, 3.05) is 10.7 Å². The molecule has 0 aliphatic heterocycles. The van der Waals surface area contributed by atoms with Crippen LogP contribution < -0.4 is 16.6 Å². The Hall–Kier alpha value is -1.74. The number of carbonyl (C=O) groups excluding carboxylic acids is 1. The summed E-state index contributed by atoms with van der Waals surface area (Å²) in [4.78, 5) is 15.7. The lowest BCUT2D eigenvalue weighted by molar-refractivity contribution is 0.102. The van der Waals surface area contributed by atoms with Crippen molar-refractivity contribution in [2.24, 2.45) is 5.84 Å². The highest BCUT2D eigenvalue weighted by atomic mass is 127. The average Bonchev–Trinajstić information content (AvgIpc) is 2.41. The maximum Gasteiger partial charge on any atom is 0.258 e. The SMILES string of the molecule is NNc1nccc(C(=O)Nc2ccccc2I)c1F. The first kappa shape index (κ1) is 13.7. The lowest BCUT2D eigenvalue weighted by Gasteiger charge is -2.09. The molecule has 0 atom stereocenters. The number of nitrogens with two attached hydrogens (primary N) is 1. The summed E-state index contributed by atoms with van der Waals surface area (Å²) in [6.45, 7) is 0. The van der Waals surface area contributed by atoms with Gasteiger partial charge in [-0.1, -0.05) is 12.1 Å². The van der Waals surface area contributed by atoms with Crippen LogP contribution in [0.15, 0.2) is 36.5 Å². The van der Waals surface area contributed by atoms with Gasteiger partial charge in [-0.05, 0) is 40.8 Å². The molecule has 0 aliphatic rings. The summed E-state index contributed by atoms with van der Waals surface area (Å²) in [6, 6.07) is 8.50. The first-order valence-electron chi connectivity index (χ1n) is 5.30. The summed E-state index contributed by atoms with van der Waals surface area (Å²) in [5.74, 6) is 3.60. The van der Waals surface area contributed by atoms with E-state index in [1.54, 1.807) is 12.1 Å². The Morgan fingerprint density at radius 2 is 2.05 bits per heavy atom. The molecule has 2 aromatic rings. The molecule has 0 radical (unpaired) electrons. The molecule has 1 heterocycles. The zero-order chi connectivity index (χ0) is 13.8. The number of anilines is 2. The van der Waals surface area contributed by atoms with Crippen molar-refractivity contribution in [1.29, 1.82) is 0 Å². The van der Waals surface area contributed by atoms with Gasteiger partial charge in [0.05, 0.1) is 11.3 Å². The second kappa shape index (κ2) is 5.93. The molecule has 0 aliphatic carbocycles. The second-order valence-electron chi connectivity index (χ2n) is 3.60. The van der Waals surface area contributed by atoms with Gasteiger partial charge in [0.15, 0.2) is 11.6 Å². The third-order valence-electron chi connectivity index (χ3n) is 2.39. The zero-order valence-electron chi connectivity index (χ0n) is 9.65. The van der Waals surface area contributed by atoms with E-state index in [1.165, 1.54) is 12.3 Å². The van der Waals surface area contributed by atoms with Crippen LogP contribution in [0.25, 0.3) is 0 Å². The number of nitrogen functional groups attached to an aromatic ring is 1. The summed E-state index contributed by atoms with van der Waals surface area (Å²) in [6.07, 6.45) is 1.31. The largest absolute Gasteiger partial charge is 0.321 e. The van der Waals surface area contributed by atoms with E-state index in [0.29, 0.717) is 5.69 Å². The number of para-hydroxylation sites is 1. The Morgan fingerprint density at radius 1 is 1.32 bits per heavy atom. The molecule has 0 unspecified atom stereocenters. The molecular weight excluding hydrogens is 362 g/mol. The standard InChI is InChI=1S/C12H10FIN4O/c13-10-7(5-6-16-11(10)18-15)12(19)17-9-4-2-1-3-8(9)14/h1-6H,15H2,(H,16,18)(H,17,19). The number of nitrogens with zero attached hydrogens (tertiary/aromatic N) is 1. The smallest absolute Gasteiger partial charge is 0.258 e. The molecule has 7 heteroatoms. The van der Waals surface area contributed by atoms with Crippen molar-refractivity contribution >= 4 is 40.0 Å². The Bertz CT molecular complexity index is 620. The first-order chi connectivity index (χ1) is 9.13. The van der Waals surface area contributed by atoms with Gasteiger partial charge < -0.3 is 10.7 Å². The van der Waals surface area contributed by atoms with Gasteiger partial charge in [0.2, 0.25) is 0 Å². The summed E-state index contributed by atoms with van der Waals surface area (Å²) >= 11 is 2.08. The minimum Gasteiger partial charge on any atom is -0.321 e. The van der Waals surface area contributed by atoms with Crippen LogP contribution in [0, 0.1) is 9.39 Å². The van der Waals surface area contributed by atoms with Crippen molar-refractivity contribution in [3.63, 3.8) is 0 Å². The van der Waals surface area contributed by atoms with Gasteiger partial charge in [-0.25, -0.2) is 15.2 Å². The number of nitrogens with one attached hydrogen (secondary N) is 2. The van der Waals surface area contributed by atoms with E-state index in [1.807, 2.05) is 12.1 Å². The van der Waals surface area contributed by atoms with Crippen molar-refractivity contribution in [3.8, 4) is 0 Å². The maximum absolute atomic E-state index is 13.9. The monoisotopic (exact) mass is 372 g/mol. The summed E-state index contributed by atoms with van der Waals surface area (Å²) in [5, 5.41) is 2.64. The number of benzene rings is 1. The third-order valence-corrected chi connectivity index (χ3v) is 3.33. The van der Waals surface area contributed by atoms with Crippen molar-refractivity contribution in [2.45, 2.75) is 0 Å². The van der Waals surface area contributed by atoms with E-state index in [0.717, 1.165) is 3.57 Å². The van der Waals surface area contributed by atoms with E-state index in [9.17, 15) is 9.18 Å². The van der Waals surface area contributed by atoms with Crippen LogP contribution in [0.2, 0.25) is 0 Å². The minimum absolute atomic E-state index is 0.123. The number of carbonyl (C=O) groups is 1. The molecule has 5 nitrogen and oxygen atoms in total. The van der Waals surface area contributed by atoms with E-state index >= 15 is 0 Å². The molecule has 0 bridgehead atoms. The van der Waals surface area contributed by atoms with Gasteiger partial charge in [0.25, 0.3) is 5.91 Å². The van der Waals surface area contributed by atoms with Crippen LogP contribution in [-0.2, 0) is 0 Å². The van der Waals surface area contributed by atoms with Crippen LogP contribution in [0.5, 0.6) is 0 Å². The summed E-state index contributed by atoms with van der Waals surface area (Å²) < 4.78 is 14.7. The maximum atomic E-state index is 13.9. The molecule has 0 saturated heterocycles. The Balaban J connectivity index is 2.28. The molecule has 98 valence electrons. The van der Waals surface area contributed by atoms with Crippen molar-refractivity contribution in [3.05, 3.63) is 51.5 Å². The van der Waals surface area contributed by atoms with Gasteiger partial charge in [-0.2, -0.15) is 0 Å². The summed E-state index contributed by atoms with van der Waals surface area (Å²) in [7, 11) is 0. The highest BCUT2D eigenvalue weighted by Gasteiger charge is 2.16. The lowest BCUT2D eigenvalue weighted by atomic mass is 10.2. The Morgan fingerprint density at radius 3 is 2.74 bits per heavy atom. The highest BCUT2D eigenvalue weighted by molar-refractivity contribution is 14.1. The quantitative estimate of drug-likeness (QED) is 0.439. The molecule has 19 heavy (non-hydrogen) atoms. The number of hydrogen-bond donors (Lipinski definition) is 3. The fourth-order valence-electron chi connectivity index (χ4n) is 1.47. The van der Waals surface area contributed by atoms with Crippen molar-refractivity contribution < 1.29 is 9.18 Å². The number of pyridine rings is 1. The molecule has 0 spiro atoms. The van der Waals surface area contributed by atoms with E-state index in [2.05, 4.69) is 38.3 Å². The van der Waals surface area contributed by atoms with Crippen LogP contribution in [0.3, 0.4) is 0 Å². The number of rotatable bonds is 3. The first-order valence-corrected chi connectivity index (χ1v) is 6.38. The number of aromatic nitrogens is 1. The number of amides is 1. The van der Waals surface area contributed by atoms with E-state index in [4.69, 9.17) is 5.84 Å². The minimum atomic E-state index is -0.784. The molecule has 4 N–H and O–H groups in total. The van der Waals surface area contributed by atoms with Gasteiger partial charge in [-0.15, -0.1) is 0 Å². The number of hydrazine groups is 1. The van der Waals surface area contributed by atoms with Crippen LogP contribution in [0.4, 0.5) is 15.9 Å². The topological polar surface area (TPSA) is 80.0 Å².